The maximum absolute atomic E-state index is 13.9. The Morgan fingerprint density at radius 3 is 2.39 bits per heavy atom. The molecule has 1 rings (SSSR count). The molecule has 2 nitrogen and oxygen atoms in total. The predicted octanol–water partition coefficient (Wildman–Crippen LogP) is 3.39. The average Bonchev–Trinajstić information content (AvgIpc) is 2.33. The number of hydrazine groups is 1. The van der Waals surface area contributed by atoms with Crippen LogP contribution in [-0.2, 0) is 6.42 Å². The van der Waals surface area contributed by atoms with Crippen molar-refractivity contribution in [3.63, 3.8) is 0 Å². The van der Waals surface area contributed by atoms with Gasteiger partial charge >= 0.3 is 0 Å². The van der Waals surface area contributed by atoms with Crippen molar-refractivity contribution in [3.8, 4) is 0 Å². The van der Waals surface area contributed by atoms with Gasteiger partial charge in [-0.1, -0.05) is 20.8 Å². The van der Waals surface area contributed by atoms with Gasteiger partial charge in [0.25, 0.3) is 0 Å². The van der Waals surface area contributed by atoms with Crippen molar-refractivity contribution in [3.05, 3.63) is 33.8 Å². The predicted molar refractivity (Wildman–Crippen MR) is 72.9 cm³/mol. The van der Waals surface area contributed by atoms with Crippen LogP contribution in [0.25, 0.3) is 0 Å². The summed E-state index contributed by atoms with van der Waals surface area (Å²) >= 11 is 3.06. The zero-order valence-electron chi connectivity index (χ0n) is 10.8. The summed E-state index contributed by atoms with van der Waals surface area (Å²) in [6, 6.07) is 2.46. The number of hydrogen-bond donors (Lipinski definition) is 2. The molecule has 0 amide bonds. The van der Waals surface area contributed by atoms with Crippen molar-refractivity contribution in [1.82, 2.24) is 5.43 Å². The molecule has 0 heterocycles. The maximum atomic E-state index is 13.9. The van der Waals surface area contributed by atoms with E-state index in [4.69, 9.17) is 5.84 Å². The molecule has 0 aliphatic heterocycles. The Bertz CT molecular complexity index is 410. The lowest BCUT2D eigenvalue weighted by atomic mass is 9.87. The lowest BCUT2D eigenvalue weighted by Gasteiger charge is -2.26. The second kappa shape index (κ2) is 6.59. The molecule has 0 radical (unpaired) electrons. The molecule has 1 aromatic carbocycles. The summed E-state index contributed by atoms with van der Waals surface area (Å²) in [5, 5.41) is 0. The van der Waals surface area contributed by atoms with Gasteiger partial charge in [-0.2, -0.15) is 0 Å². The quantitative estimate of drug-likeness (QED) is 0.496. The standard InChI is InChI=1S/C13H19BrF2N2/c1-7(2)8(3)12(18-17)6-9-11(15)5-4-10(14)13(9)16/h4-5,7-8,12,18H,6,17H2,1-3H3. The van der Waals surface area contributed by atoms with E-state index in [9.17, 15) is 8.78 Å². The number of halogens is 3. The van der Waals surface area contributed by atoms with Crippen LogP contribution in [0.3, 0.4) is 0 Å². The van der Waals surface area contributed by atoms with Gasteiger partial charge in [-0.15, -0.1) is 0 Å². The van der Waals surface area contributed by atoms with Gasteiger partial charge in [0, 0.05) is 11.6 Å². The topological polar surface area (TPSA) is 38.0 Å². The molecule has 0 saturated heterocycles. The normalized spacial score (nSPS) is 14.9. The number of hydrogen-bond acceptors (Lipinski definition) is 2. The first-order chi connectivity index (χ1) is 8.38. The number of nitrogens with one attached hydrogen (secondary N) is 1. The second-order valence-electron chi connectivity index (χ2n) is 4.90. The molecular weight excluding hydrogens is 302 g/mol. The first-order valence-electron chi connectivity index (χ1n) is 5.97. The molecular formula is C13H19BrF2N2. The number of nitrogens with two attached hydrogens (primary N) is 1. The largest absolute Gasteiger partial charge is 0.271 e. The Morgan fingerprint density at radius 2 is 1.89 bits per heavy atom. The molecule has 2 unspecified atom stereocenters. The molecule has 102 valence electrons. The van der Waals surface area contributed by atoms with Crippen LogP contribution in [0.1, 0.15) is 26.3 Å². The lowest BCUT2D eigenvalue weighted by Crippen LogP contribution is -2.43. The highest BCUT2D eigenvalue weighted by Crippen LogP contribution is 2.25. The molecule has 3 N–H and O–H groups in total. The zero-order chi connectivity index (χ0) is 13.9. The van der Waals surface area contributed by atoms with Crippen molar-refractivity contribution >= 4 is 15.9 Å². The Labute approximate surface area is 115 Å². The van der Waals surface area contributed by atoms with Crippen molar-refractivity contribution < 1.29 is 8.78 Å². The van der Waals surface area contributed by atoms with E-state index in [1.807, 2.05) is 6.92 Å². The molecule has 5 heteroatoms. The highest BCUT2D eigenvalue weighted by Gasteiger charge is 2.23. The Kier molecular flexibility index (Phi) is 5.69. The molecule has 0 aromatic heterocycles. The fraction of sp³-hybridized carbons (Fsp3) is 0.538. The summed E-state index contributed by atoms with van der Waals surface area (Å²) in [6.07, 6.45) is 0.229. The monoisotopic (exact) mass is 320 g/mol. The van der Waals surface area contributed by atoms with Crippen LogP contribution < -0.4 is 11.3 Å². The van der Waals surface area contributed by atoms with Gasteiger partial charge in [0.05, 0.1) is 4.47 Å². The van der Waals surface area contributed by atoms with E-state index in [2.05, 4.69) is 35.2 Å². The fourth-order valence-corrected chi connectivity index (χ4v) is 2.21. The summed E-state index contributed by atoms with van der Waals surface area (Å²) in [5.41, 5.74) is 2.73. The Balaban J connectivity index is 2.98. The van der Waals surface area contributed by atoms with Gasteiger partial charge in [-0.3, -0.25) is 11.3 Å². The third-order valence-corrected chi connectivity index (χ3v) is 4.08. The highest BCUT2D eigenvalue weighted by atomic mass is 79.9. The summed E-state index contributed by atoms with van der Waals surface area (Å²) < 4.78 is 27.8. The maximum Gasteiger partial charge on any atom is 0.143 e. The van der Waals surface area contributed by atoms with E-state index in [-0.39, 0.29) is 28.4 Å². The molecule has 0 fully saturated rings. The summed E-state index contributed by atoms with van der Waals surface area (Å²) in [6.45, 7) is 6.13. The van der Waals surface area contributed by atoms with Crippen LogP contribution in [0.4, 0.5) is 8.78 Å². The van der Waals surface area contributed by atoms with Crippen molar-refractivity contribution in [1.29, 1.82) is 0 Å². The van der Waals surface area contributed by atoms with Crippen LogP contribution in [0.5, 0.6) is 0 Å². The van der Waals surface area contributed by atoms with E-state index >= 15 is 0 Å². The second-order valence-corrected chi connectivity index (χ2v) is 5.76. The fourth-order valence-electron chi connectivity index (χ4n) is 1.84. The lowest BCUT2D eigenvalue weighted by molar-refractivity contribution is 0.295. The number of rotatable bonds is 5. The van der Waals surface area contributed by atoms with Crippen molar-refractivity contribution in [2.45, 2.75) is 33.2 Å². The van der Waals surface area contributed by atoms with E-state index < -0.39 is 11.6 Å². The summed E-state index contributed by atoms with van der Waals surface area (Å²) in [4.78, 5) is 0. The number of benzene rings is 1. The van der Waals surface area contributed by atoms with Gasteiger partial charge in [0.15, 0.2) is 0 Å². The molecule has 2 atom stereocenters. The van der Waals surface area contributed by atoms with Crippen LogP contribution in [0.15, 0.2) is 16.6 Å². The Hall–Kier alpha value is -0.520. The van der Waals surface area contributed by atoms with Crippen LogP contribution in [0.2, 0.25) is 0 Å². The minimum absolute atomic E-state index is 0.0693. The highest BCUT2D eigenvalue weighted by molar-refractivity contribution is 9.10. The van der Waals surface area contributed by atoms with E-state index in [1.165, 1.54) is 12.1 Å². The smallest absolute Gasteiger partial charge is 0.143 e. The third kappa shape index (κ3) is 3.49. The van der Waals surface area contributed by atoms with Crippen LogP contribution in [-0.4, -0.2) is 6.04 Å². The van der Waals surface area contributed by atoms with Gasteiger partial charge in [-0.25, -0.2) is 8.78 Å². The van der Waals surface area contributed by atoms with E-state index in [1.54, 1.807) is 0 Å². The minimum atomic E-state index is -0.550. The molecule has 0 aliphatic rings. The Morgan fingerprint density at radius 1 is 1.28 bits per heavy atom. The SMILES string of the molecule is CC(C)C(C)C(Cc1c(F)ccc(Br)c1F)NN. The van der Waals surface area contributed by atoms with Crippen LogP contribution >= 0.6 is 15.9 Å². The summed E-state index contributed by atoms with van der Waals surface area (Å²) in [7, 11) is 0. The molecule has 0 spiro atoms. The first-order valence-corrected chi connectivity index (χ1v) is 6.76. The molecule has 0 aliphatic carbocycles. The minimum Gasteiger partial charge on any atom is -0.271 e. The third-order valence-electron chi connectivity index (χ3n) is 3.46. The molecule has 18 heavy (non-hydrogen) atoms. The molecule has 0 bridgehead atoms. The van der Waals surface area contributed by atoms with Crippen molar-refractivity contribution in [2.75, 3.05) is 0 Å². The van der Waals surface area contributed by atoms with Gasteiger partial charge in [0.1, 0.15) is 11.6 Å². The molecule has 0 saturated carbocycles. The van der Waals surface area contributed by atoms with Gasteiger partial charge < -0.3 is 0 Å². The van der Waals surface area contributed by atoms with Crippen molar-refractivity contribution in [2.24, 2.45) is 17.7 Å². The van der Waals surface area contributed by atoms with E-state index in [0.717, 1.165) is 0 Å². The first kappa shape index (κ1) is 15.5. The average molecular weight is 321 g/mol. The summed E-state index contributed by atoms with van der Waals surface area (Å²) in [5.74, 6) is 5.00. The van der Waals surface area contributed by atoms with Gasteiger partial charge in [0.2, 0.25) is 0 Å². The zero-order valence-corrected chi connectivity index (χ0v) is 12.4. The molecule has 1 aromatic rings. The van der Waals surface area contributed by atoms with Gasteiger partial charge in [-0.05, 0) is 46.3 Å². The van der Waals surface area contributed by atoms with E-state index in [0.29, 0.717) is 5.92 Å². The van der Waals surface area contributed by atoms with Crippen LogP contribution in [0, 0.1) is 23.5 Å².